The number of benzene rings is 2. The van der Waals surface area contributed by atoms with Crippen molar-refractivity contribution in [3.8, 4) is 11.5 Å². The van der Waals surface area contributed by atoms with E-state index in [0.717, 1.165) is 4.90 Å². The van der Waals surface area contributed by atoms with E-state index >= 15 is 0 Å². The van der Waals surface area contributed by atoms with Crippen LogP contribution in [0.1, 0.15) is 10.4 Å². The molecule has 1 amide bonds. The van der Waals surface area contributed by atoms with Crippen molar-refractivity contribution in [3.63, 3.8) is 0 Å². The van der Waals surface area contributed by atoms with Crippen LogP contribution in [0.3, 0.4) is 0 Å². The van der Waals surface area contributed by atoms with Crippen LogP contribution in [0.2, 0.25) is 0 Å². The summed E-state index contributed by atoms with van der Waals surface area (Å²) in [7, 11) is -2.24. The number of sulfonamides is 1. The number of carbonyl (C=O) groups is 1. The molecule has 0 spiro atoms. The first-order chi connectivity index (χ1) is 14.9. The first-order valence-corrected chi connectivity index (χ1v) is 12.5. The predicted octanol–water partition coefficient (Wildman–Crippen LogP) is 2.25. The molecule has 3 rings (SSSR count). The van der Waals surface area contributed by atoms with E-state index in [1.54, 1.807) is 42.3 Å². The second kappa shape index (κ2) is 10.9. The summed E-state index contributed by atoms with van der Waals surface area (Å²) in [6.07, 6.45) is 1.85. The molecule has 0 aromatic heterocycles. The minimum Gasteiger partial charge on any atom is -0.497 e. The summed E-state index contributed by atoms with van der Waals surface area (Å²) in [6, 6.07) is 11.7. The Morgan fingerprint density at radius 3 is 2.61 bits per heavy atom. The summed E-state index contributed by atoms with van der Waals surface area (Å²) in [5.74, 6) is 1.05. The number of carbonyl (C=O) groups excluding carboxylic acids is 1. The fourth-order valence-electron chi connectivity index (χ4n) is 3.08. The summed E-state index contributed by atoms with van der Waals surface area (Å²) in [4.78, 5) is 15.4. The Kier molecular flexibility index (Phi) is 8.19. The number of methoxy groups -OCH3 is 1. The van der Waals surface area contributed by atoms with E-state index in [0.29, 0.717) is 43.4 Å². The molecule has 0 radical (unpaired) electrons. The Hall–Kier alpha value is -2.27. The van der Waals surface area contributed by atoms with Crippen LogP contribution in [0.5, 0.6) is 11.5 Å². The topological polar surface area (TPSA) is 94.2 Å². The lowest BCUT2D eigenvalue weighted by Gasteiger charge is -2.27. The first-order valence-electron chi connectivity index (χ1n) is 9.76. The molecule has 0 atom stereocenters. The zero-order valence-corrected chi connectivity index (χ0v) is 19.1. The maximum Gasteiger partial charge on any atom is 0.255 e. The normalized spacial score (nSPS) is 14.3. The van der Waals surface area contributed by atoms with Gasteiger partial charge in [0, 0.05) is 30.6 Å². The van der Waals surface area contributed by atoms with Gasteiger partial charge in [-0.2, -0.15) is 0 Å². The van der Waals surface area contributed by atoms with E-state index in [-0.39, 0.29) is 24.0 Å². The van der Waals surface area contributed by atoms with Crippen molar-refractivity contribution in [3.05, 3.63) is 48.0 Å². The molecule has 0 bridgehead atoms. The number of morpholine rings is 1. The van der Waals surface area contributed by atoms with Crippen LogP contribution in [0.15, 0.2) is 52.3 Å². The third-order valence-corrected chi connectivity index (χ3v) is 6.97. The predicted molar refractivity (Wildman–Crippen MR) is 119 cm³/mol. The monoisotopic (exact) mass is 466 g/mol. The first kappa shape index (κ1) is 23.4. The minimum absolute atomic E-state index is 0.0447. The SMILES string of the molecule is COc1cccc(OCCNS(=O)(=O)c2ccc(SC)c(C(=O)N3CCOCC3)c2)c1. The van der Waals surface area contributed by atoms with Gasteiger partial charge in [0.15, 0.2) is 0 Å². The van der Waals surface area contributed by atoms with Gasteiger partial charge >= 0.3 is 0 Å². The summed E-state index contributed by atoms with van der Waals surface area (Å²) in [6.45, 7) is 2.17. The molecule has 10 heteroatoms. The van der Waals surface area contributed by atoms with Crippen molar-refractivity contribution in [1.29, 1.82) is 0 Å². The van der Waals surface area contributed by atoms with Crippen molar-refractivity contribution in [1.82, 2.24) is 9.62 Å². The Labute approximate surface area is 186 Å². The van der Waals surface area contributed by atoms with Gasteiger partial charge in [-0.25, -0.2) is 13.1 Å². The highest BCUT2D eigenvalue weighted by Crippen LogP contribution is 2.25. The molecule has 1 N–H and O–H groups in total. The average molecular weight is 467 g/mol. The molecular formula is C21H26N2O6S2. The maximum atomic E-state index is 12.9. The molecule has 8 nitrogen and oxygen atoms in total. The number of thioether (sulfide) groups is 1. The maximum absolute atomic E-state index is 12.9. The fraction of sp³-hybridized carbons (Fsp3) is 0.381. The molecule has 0 unspecified atom stereocenters. The number of hydrogen-bond acceptors (Lipinski definition) is 7. The molecule has 0 aliphatic carbocycles. The third-order valence-electron chi connectivity index (χ3n) is 4.71. The zero-order chi connectivity index (χ0) is 22.3. The van der Waals surface area contributed by atoms with Crippen molar-refractivity contribution >= 4 is 27.7 Å². The average Bonchev–Trinajstić information content (AvgIpc) is 2.81. The number of nitrogens with one attached hydrogen (secondary N) is 1. The van der Waals surface area contributed by atoms with Crippen molar-refractivity contribution < 1.29 is 27.4 Å². The van der Waals surface area contributed by atoms with Crippen LogP contribution in [-0.2, 0) is 14.8 Å². The molecule has 31 heavy (non-hydrogen) atoms. The molecule has 168 valence electrons. The third kappa shape index (κ3) is 6.13. The van der Waals surface area contributed by atoms with E-state index < -0.39 is 10.0 Å². The van der Waals surface area contributed by atoms with Gasteiger partial charge in [0.2, 0.25) is 10.0 Å². The van der Waals surface area contributed by atoms with Gasteiger partial charge in [0.1, 0.15) is 18.1 Å². The number of amides is 1. The van der Waals surface area contributed by atoms with Crippen LogP contribution in [0.25, 0.3) is 0 Å². The van der Waals surface area contributed by atoms with Gasteiger partial charge < -0.3 is 19.1 Å². The van der Waals surface area contributed by atoms with E-state index in [4.69, 9.17) is 14.2 Å². The Morgan fingerprint density at radius 2 is 1.90 bits per heavy atom. The van der Waals surface area contributed by atoms with E-state index in [1.807, 2.05) is 6.26 Å². The lowest BCUT2D eigenvalue weighted by Crippen LogP contribution is -2.41. The van der Waals surface area contributed by atoms with Gasteiger partial charge in [-0.1, -0.05) is 6.07 Å². The molecule has 1 heterocycles. The molecule has 2 aromatic carbocycles. The lowest BCUT2D eigenvalue weighted by atomic mass is 10.2. The van der Waals surface area contributed by atoms with E-state index in [2.05, 4.69) is 4.72 Å². The summed E-state index contributed by atoms with van der Waals surface area (Å²) in [5, 5.41) is 0. The Morgan fingerprint density at radius 1 is 1.16 bits per heavy atom. The van der Waals surface area contributed by atoms with Crippen LogP contribution in [0, 0.1) is 0 Å². The molecule has 1 fully saturated rings. The molecule has 0 saturated carbocycles. The molecule has 2 aromatic rings. The van der Waals surface area contributed by atoms with Crippen molar-refractivity contribution in [2.24, 2.45) is 0 Å². The van der Waals surface area contributed by atoms with E-state index in [9.17, 15) is 13.2 Å². The summed E-state index contributed by atoms with van der Waals surface area (Å²) < 4.78 is 44.0. The number of nitrogens with zero attached hydrogens (tertiary/aromatic N) is 1. The molecule has 1 aliphatic rings. The highest BCUT2D eigenvalue weighted by molar-refractivity contribution is 7.98. The van der Waals surface area contributed by atoms with Gasteiger partial charge in [-0.15, -0.1) is 11.8 Å². The molecular weight excluding hydrogens is 440 g/mol. The van der Waals surface area contributed by atoms with Crippen LogP contribution < -0.4 is 14.2 Å². The largest absolute Gasteiger partial charge is 0.497 e. The number of ether oxygens (including phenoxy) is 3. The Bertz CT molecular complexity index is 1010. The lowest BCUT2D eigenvalue weighted by molar-refractivity contribution is 0.0300. The van der Waals surface area contributed by atoms with Crippen molar-refractivity contribution in [2.75, 3.05) is 52.8 Å². The molecule has 1 saturated heterocycles. The van der Waals surface area contributed by atoms with Gasteiger partial charge in [-0.3, -0.25) is 4.79 Å². The number of rotatable bonds is 9. The van der Waals surface area contributed by atoms with Gasteiger partial charge in [0.05, 0.1) is 30.8 Å². The second-order valence-electron chi connectivity index (χ2n) is 6.69. The second-order valence-corrected chi connectivity index (χ2v) is 9.31. The van der Waals surface area contributed by atoms with Crippen LogP contribution >= 0.6 is 11.8 Å². The highest BCUT2D eigenvalue weighted by Gasteiger charge is 2.24. The van der Waals surface area contributed by atoms with Crippen LogP contribution in [-0.4, -0.2) is 72.0 Å². The van der Waals surface area contributed by atoms with Crippen molar-refractivity contribution in [2.45, 2.75) is 9.79 Å². The highest BCUT2D eigenvalue weighted by atomic mass is 32.2. The zero-order valence-electron chi connectivity index (χ0n) is 17.5. The summed E-state index contributed by atoms with van der Waals surface area (Å²) in [5.41, 5.74) is 0.380. The van der Waals surface area contributed by atoms with Crippen LogP contribution in [0.4, 0.5) is 0 Å². The standard InChI is InChI=1S/C21H26N2O6S2/c1-27-16-4-3-5-17(14-16)29-11-8-22-31(25,26)18-6-7-20(30-2)19(15-18)21(24)23-9-12-28-13-10-23/h3-7,14-15,22H,8-13H2,1-2H3. The minimum atomic E-state index is -3.80. The fourth-order valence-corrected chi connectivity index (χ4v) is 4.69. The van der Waals surface area contributed by atoms with Gasteiger partial charge in [0.25, 0.3) is 5.91 Å². The quantitative estimate of drug-likeness (QED) is 0.447. The summed E-state index contributed by atoms with van der Waals surface area (Å²) >= 11 is 1.40. The molecule has 1 aliphatic heterocycles. The smallest absolute Gasteiger partial charge is 0.255 e. The Balaban J connectivity index is 1.66. The van der Waals surface area contributed by atoms with Gasteiger partial charge in [-0.05, 0) is 36.6 Å². The van der Waals surface area contributed by atoms with E-state index in [1.165, 1.54) is 23.9 Å². The number of hydrogen-bond donors (Lipinski definition) is 1.